The lowest BCUT2D eigenvalue weighted by Crippen LogP contribution is -2.08. The van der Waals surface area contributed by atoms with Gasteiger partial charge in [0.05, 0.1) is 30.9 Å². The van der Waals surface area contributed by atoms with Crippen LogP contribution in [-0.2, 0) is 4.79 Å². The van der Waals surface area contributed by atoms with Crippen molar-refractivity contribution in [1.29, 1.82) is 0 Å². The molecular weight excluding hydrogens is 457 g/mol. The van der Waals surface area contributed by atoms with Crippen molar-refractivity contribution in [3.8, 4) is 10.6 Å². The highest BCUT2D eigenvalue weighted by Crippen LogP contribution is 2.38. The van der Waals surface area contributed by atoms with E-state index < -0.39 is 10.8 Å². The molecule has 0 atom stereocenters. The van der Waals surface area contributed by atoms with E-state index in [9.17, 15) is 14.9 Å². The summed E-state index contributed by atoms with van der Waals surface area (Å²) in [7, 11) is 0. The molecule has 31 heavy (non-hydrogen) atoms. The average molecular weight is 470 g/mol. The van der Waals surface area contributed by atoms with Crippen LogP contribution < -0.4 is 5.32 Å². The lowest BCUT2D eigenvalue weighted by Gasteiger charge is -2.09. The Labute approximate surface area is 190 Å². The van der Waals surface area contributed by atoms with E-state index in [2.05, 4.69) is 10.3 Å². The maximum atomic E-state index is 12.4. The van der Waals surface area contributed by atoms with Crippen molar-refractivity contribution in [2.75, 3.05) is 5.32 Å². The molecule has 6 nitrogen and oxygen atoms in total. The van der Waals surface area contributed by atoms with E-state index in [1.165, 1.54) is 35.6 Å². The molecule has 1 amide bonds. The molecule has 3 aromatic carbocycles. The number of halogens is 2. The number of carbonyl (C=O) groups is 1. The van der Waals surface area contributed by atoms with Crippen LogP contribution in [0, 0.1) is 10.1 Å². The second kappa shape index (κ2) is 8.85. The topological polar surface area (TPSA) is 85.1 Å². The molecule has 4 aromatic rings. The number of anilines is 1. The second-order valence-corrected chi connectivity index (χ2v) is 8.32. The number of benzene rings is 3. The number of aromatic nitrogens is 1. The summed E-state index contributed by atoms with van der Waals surface area (Å²) in [4.78, 5) is 27.4. The summed E-state index contributed by atoms with van der Waals surface area (Å²) in [6, 6.07) is 17.0. The summed E-state index contributed by atoms with van der Waals surface area (Å²) >= 11 is 14.1. The zero-order chi connectivity index (χ0) is 22.0. The first-order chi connectivity index (χ1) is 14.9. The Hall–Kier alpha value is -3.26. The molecule has 4 rings (SSSR count). The molecule has 0 saturated heterocycles. The molecule has 1 heterocycles. The Bertz CT molecular complexity index is 1320. The summed E-state index contributed by atoms with van der Waals surface area (Å²) in [5.41, 5.74) is 2.38. The van der Waals surface area contributed by atoms with E-state index in [1.807, 2.05) is 24.3 Å². The van der Waals surface area contributed by atoms with Gasteiger partial charge < -0.3 is 5.32 Å². The van der Waals surface area contributed by atoms with Gasteiger partial charge in [0, 0.05) is 23.8 Å². The molecule has 1 aromatic heterocycles. The quantitative estimate of drug-likeness (QED) is 0.197. The Morgan fingerprint density at radius 3 is 2.65 bits per heavy atom. The van der Waals surface area contributed by atoms with Crippen molar-refractivity contribution in [3.63, 3.8) is 0 Å². The molecular formula is C22H13Cl2N3O3S. The van der Waals surface area contributed by atoms with E-state index in [0.717, 1.165) is 10.2 Å². The monoisotopic (exact) mass is 469 g/mol. The summed E-state index contributed by atoms with van der Waals surface area (Å²) in [6.45, 7) is 0. The number of fused-ring (bicyclic) bond motifs is 1. The van der Waals surface area contributed by atoms with Crippen LogP contribution >= 0.6 is 34.5 Å². The van der Waals surface area contributed by atoms with Crippen LogP contribution in [0.2, 0.25) is 10.0 Å². The molecule has 0 aliphatic heterocycles. The van der Waals surface area contributed by atoms with Crippen LogP contribution in [0.5, 0.6) is 0 Å². The maximum absolute atomic E-state index is 12.4. The SMILES string of the molecule is O=C(C=Cc1cccc([N+](=O)[O-])c1)Nc1cc(-c2nc3ccccc3s2)c(Cl)cc1Cl. The van der Waals surface area contributed by atoms with Crippen molar-refractivity contribution in [1.82, 2.24) is 4.98 Å². The summed E-state index contributed by atoms with van der Waals surface area (Å²) in [6.07, 6.45) is 2.77. The Morgan fingerprint density at radius 2 is 1.87 bits per heavy atom. The fraction of sp³-hybridized carbons (Fsp3) is 0. The van der Waals surface area contributed by atoms with E-state index in [1.54, 1.807) is 24.3 Å². The number of thiazole rings is 1. The predicted molar refractivity (Wildman–Crippen MR) is 126 cm³/mol. The van der Waals surface area contributed by atoms with Gasteiger partial charge in [-0.1, -0.05) is 47.5 Å². The predicted octanol–water partition coefficient (Wildman–Crippen LogP) is 6.83. The third-order valence-corrected chi connectivity index (χ3v) is 6.04. The zero-order valence-electron chi connectivity index (χ0n) is 15.7. The second-order valence-electron chi connectivity index (χ2n) is 6.47. The van der Waals surface area contributed by atoms with Gasteiger partial charge in [0.1, 0.15) is 5.01 Å². The lowest BCUT2D eigenvalue weighted by atomic mass is 10.2. The van der Waals surface area contributed by atoms with Gasteiger partial charge in [0.2, 0.25) is 5.91 Å². The number of para-hydroxylation sites is 1. The van der Waals surface area contributed by atoms with Crippen LogP contribution in [0.3, 0.4) is 0 Å². The number of nitro groups is 1. The first-order valence-corrected chi connectivity index (χ1v) is 10.6. The first kappa shape index (κ1) is 21.0. The van der Waals surface area contributed by atoms with Gasteiger partial charge in [-0.05, 0) is 35.9 Å². The smallest absolute Gasteiger partial charge is 0.270 e. The van der Waals surface area contributed by atoms with Gasteiger partial charge in [-0.15, -0.1) is 11.3 Å². The van der Waals surface area contributed by atoms with E-state index >= 15 is 0 Å². The number of carbonyl (C=O) groups excluding carboxylic acids is 1. The van der Waals surface area contributed by atoms with Crippen molar-refractivity contribution >= 4 is 68.1 Å². The number of hydrogen-bond acceptors (Lipinski definition) is 5. The number of rotatable bonds is 5. The van der Waals surface area contributed by atoms with Gasteiger partial charge >= 0.3 is 0 Å². The van der Waals surface area contributed by atoms with E-state index in [-0.39, 0.29) is 10.7 Å². The molecule has 9 heteroatoms. The standard InChI is InChI=1S/C22H13Cl2N3O3S/c23-16-12-17(24)19(11-15(16)22-26-18-6-1-2-7-20(18)31-22)25-21(28)9-8-13-4-3-5-14(10-13)27(29)30/h1-12H,(H,25,28). The Kier molecular flexibility index (Phi) is 5.99. The van der Waals surface area contributed by atoms with Gasteiger partial charge in [-0.3, -0.25) is 14.9 Å². The molecule has 0 fully saturated rings. The number of nitrogens with zero attached hydrogens (tertiary/aromatic N) is 2. The number of nitrogens with one attached hydrogen (secondary N) is 1. The third kappa shape index (κ3) is 4.74. The summed E-state index contributed by atoms with van der Waals surface area (Å²) in [5.74, 6) is -0.439. The Balaban J connectivity index is 1.58. The number of nitro benzene ring substituents is 1. The van der Waals surface area contributed by atoms with Crippen molar-refractivity contribution in [2.24, 2.45) is 0 Å². The molecule has 0 aliphatic carbocycles. The van der Waals surface area contributed by atoms with Crippen LogP contribution in [0.15, 0.2) is 66.7 Å². The van der Waals surface area contributed by atoms with Gasteiger partial charge in [0.25, 0.3) is 5.69 Å². The molecule has 1 N–H and O–H groups in total. The molecule has 0 spiro atoms. The molecule has 154 valence electrons. The van der Waals surface area contributed by atoms with Gasteiger partial charge in [-0.2, -0.15) is 0 Å². The highest BCUT2D eigenvalue weighted by molar-refractivity contribution is 7.21. The highest BCUT2D eigenvalue weighted by atomic mass is 35.5. The fourth-order valence-corrected chi connectivity index (χ4v) is 4.46. The molecule has 0 bridgehead atoms. The molecule has 0 aliphatic rings. The minimum atomic E-state index is -0.492. The average Bonchev–Trinajstić information content (AvgIpc) is 3.18. The molecule has 0 unspecified atom stereocenters. The van der Waals surface area contributed by atoms with Crippen LogP contribution in [0.25, 0.3) is 26.9 Å². The van der Waals surface area contributed by atoms with Crippen molar-refractivity contribution < 1.29 is 9.72 Å². The first-order valence-electron chi connectivity index (χ1n) is 8.99. The molecule has 0 radical (unpaired) electrons. The number of hydrogen-bond donors (Lipinski definition) is 1. The number of non-ortho nitro benzene ring substituents is 1. The summed E-state index contributed by atoms with van der Waals surface area (Å²) < 4.78 is 1.02. The molecule has 0 saturated carbocycles. The highest BCUT2D eigenvalue weighted by Gasteiger charge is 2.14. The minimum absolute atomic E-state index is 0.0521. The van der Waals surface area contributed by atoms with Crippen LogP contribution in [0.1, 0.15) is 5.56 Å². The van der Waals surface area contributed by atoms with Crippen LogP contribution in [-0.4, -0.2) is 15.8 Å². The fourth-order valence-electron chi connectivity index (χ4n) is 2.88. The largest absolute Gasteiger partial charge is 0.321 e. The summed E-state index contributed by atoms with van der Waals surface area (Å²) in [5, 5.41) is 15.0. The maximum Gasteiger partial charge on any atom is 0.270 e. The normalized spacial score (nSPS) is 11.2. The van der Waals surface area contributed by atoms with Crippen molar-refractivity contribution in [2.45, 2.75) is 0 Å². The third-order valence-electron chi connectivity index (χ3n) is 4.35. The van der Waals surface area contributed by atoms with Crippen molar-refractivity contribution in [3.05, 3.63) is 92.5 Å². The minimum Gasteiger partial charge on any atom is -0.321 e. The van der Waals surface area contributed by atoms with Gasteiger partial charge in [0.15, 0.2) is 0 Å². The van der Waals surface area contributed by atoms with E-state index in [0.29, 0.717) is 26.8 Å². The Morgan fingerprint density at radius 1 is 1.06 bits per heavy atom. The van der Waals surface area contributed by atoms with E-state index in [4.69, 9.17) is 23.2 Å². The number of amides is 1. The zero-order valence-corrected chi connectivity index (χ0v) is 18.0. The van der Waals surface area contributed by atoms with Gasteiger partial charge in [-0.25, -0.2) is 4.98 Å². The lowest BCUT2D eigenvalue weighted by molar-refractivity contribution is -0.384. The van der Waals surface area contributed by atoms with Crippen LogP contribution in [0.4, 0.5) is 11.4 Å².